The number of anilines is 1. The first kappa shape index (κ1) is 18.6. The number of hydrogen-bond acceptors (Lipinski definition) is 6. The Morgan fingerprint density at radius 1 is 1.42 bits per heavy atom. The van der Waals surface area contributed by atoms with E-state index in [0.717, 1.165) is 48.0 Å². The van der Waals surface area contributed by atoms with E-state index in [9.17, 15) is 13.6 Å². The van der Waals surface area contributed by atoms with E-state index in [2.05, 4.69) is 15.5 Å². The number of ether oxygens (including phenoxy) is 1. The minimum absolute atomic E-state index is 0.0124. The Hall–Kier alpha value is -2.16. The summed E-state index contributed by atoms with van der Waals surface area (Å²) in [5, 5.41) is 11.1. The van der Waals surface area contributed by atoms with Gasteiger partial charge >= 0.3 is 5.97 Å². The number of aromatic nitrogens is 3. The third kappa shape index (κ3) is 3.67. The van der Waals surface area contributed by atoms with Gasteiger partial charge in [-0.25, -0.2) is 8.78 Å². The molecule has 2 heterocycles. The van der Waals surface area contributed by atoms with Crippen LogP contribution in [-0.4, -0.2) is 39.6 Å². The maximum atomic E-state index is 13.5. The summed E-state index contributed by atoms with van der Waals surface area (Å²) in [6.45, 7) is 4.82. The van der Waals surface area contributed by atoms with Gasteiger partial charge in [-0.05, 0) is 43.9 Å². The number of benzene rings is 1. The molecule has 0 amide bonds. The number of fused-ring (bicyclic) bond motifs is 1. The number of aryl methyl sites for hydroxylation is 1. The molecule has 0 atom stereocenters. The van der Waals surface area contributed by atoms with Gasteiger partial charge in [-0.3, -0.25) is 9.36 Å². The SMILES string of the molecule is CCOC(=O)CSc1nnc(C(F)F)n1-c1ccc(C)c2c1CCCN2. The average molecular weight is 382 g/mol. The Morgan fingerprint density at radius 3 is 2.96 bits per heavy atom. The van der Waals surface area contributed by atoms with Gasteiger partial charge in [0.05, 0.1) is 18.0 Å². The van der Waals surface area contributed by atoms with Crippen molar-refractivity contribution >= 4 is 23.4 Å². The molecule has 1 aromatic carbocycles. The molecule has 0 radical (unpaired) electrons. The smallest absolute Gasteiger partial charge is 0.316 e. The number of carbonyl (C=O) groups is 1. The zero-order chi connectivity index (χ0) is 18.7. The van der Waals surface area contributed by atoms with Crippen LogP contribution in [0.5, 0.6) is 0 Å². The summed E-state index contributed by atoms with van der Waals surface area (Å²) >= 11 is 1.04. The molecular weight excluding hydrogens is 362 g/mol. The van der Waals surface area contributed by atoms with E-state index in [-0.39, 0.29) is 17.5 Å². The lowest BCUT2D eigenvalue weighted by Gasteiger charge is -2.24. The average Bonchev–Trinajstić information content (AvgIpc) is 3.05. The number of rotatable bonds is 6. The minimum Gasteiger partial charge on any atom is -0.465 e. The van der Waals surface area contributed by atoms with E-state index in [1.54, 1.807) is 6.92 Å². The maximum absolute atomic E-state index is 13.5. The second-order valence-electron chi connectivity index (χ2n) is 5.86. The van der Waals surface area contributed by atoms with Gasteiger partial charge < -0.3 is 10.1 Å². The van der Waals surface area contributed by atoms with Crippen LogP contribution in [0.3, 0.4) is 0 Å². The molecule has 0 spiro atoms. The number of alkyl halides is 2. The maximum Gasteiger partial charge on any atom is 0.316 e. The molecule has 1 aliphatic rings. The molecule has 26 heavy (non-hydrogen) atoms. The second-order valence-corrected chi connectivity index (χ2v) is 6.80. The standard InChI is InChI=1S/C17H20F2N4O2S/c1-3-25-13(24)9-26-17-22-21-16(15(18)19)23(17)12-7-6-10(2)14-11(12)5-4-8-20-14/h6-7,15,20H,3-5,8-9H2,1-2H3. The summed E-state index contributed by atoms with van der Waals surface area (Å²) in [6, 6.07) is 3.70. The summed E-state index contributed by atoms with van der Waals surface area (Å²) in [4.78, 5) is 11.6. The first-order valence-corrected chi connectivity index (χ1v) is 9.40. The number of carbonyl (C=O) groups excluding carboxylic acids is 1. The number of halogens is 2. The van der Waals surface area contributed by atoms with Crippen molar-refractivity contribution in [3.8, 4) is 5.69 Å². The van der Waals surface area contributed by atoms with E-state index >= 15 is 0 Å². The fourth-order valence-electron chi connectivity index (χ4n) is 3.01. The molecule has 1 aromatic heterocycles. The molecule has 0 unspecified atom stereocenters. The monoisotopic (exact) mass is 382 g/mol. The highest BCUT2D eigenvalue weighted by Gasteiger charge is 2.26. The number of nitrogens with one attached hydrogen (secondary N) is 1. The zero-order valence-corrected chi connectivity index (χ0v) is 15.4. The molecule has 6 nitrogen and oxygen atoms in total. The van der Waals surface area contributed by atoms with Crippen LogP contribution < -0.4 is 5.32 Å². The van der Waals surface area contributed by atoms with Crippen molar-refractivity contribution in [2.45, 2.75) is 38.3 Å². The normalized spacial score (nSPS) is 13.4. The van der Waals surface area contributed by atoms with Crippen molar-refractivity contribution in [1.29, 1.82) is 0 Å². The number of nitrogens with zero attached hydrogens (tertiary/aromatic N) is 3. The fourth-order valence-corrected chi connectivity index (χ4v) is 3.76. The molecule has 0 saturated carbocycles. The van der Waals surface area contributed by atoms with Crippen LogP contribution >= 0.6 is 11.8 Å². The van der Waals surface area contributed by atoms with Crippen LogP contribution in [0.2, 0.25) is 0 Å². The predicted octanol–water partition coefficient (Wildman–Crippen LogP) is 3.53. The Labute approximate surface area is 154 Å². The van der Waals surface area contributed by atoms with Gasteiger partial charge in [0.25, 0.3) is 6.43 Å². The predicted molar refractivity (Wildman–Crippen MR) is 95.2 cm³/mol. The van der Waals surface area contributed by atoms with Crippen LogP contribution in [0, 0.1) is 6.92 Å². The zero-order valence-electron chi connectivity index (χ0n) is 14.6. The molecule has 0 fully saturated rings. The number of esters is 1. The summed E-state index contributed by atoms with van der Waals surface area (Å²) in [6.07, 6.45) is -1.07. The third-order valence-electron chi connectivity index (χ3n) is 4.12. The number of hydrogen-bond donors (Lipinski definition) is 1. The van der Waals surface area contributed by atoms with Crippen molar-refractivity contribution < 1.29 is 18.3 Å². The van der Waals surface area contributed by atoms with Crippen LogP contribution in [0.25, 0.3) is 5.69 Å². The fraction of sp³-hybridized carbons (Fsp3) is 0.471. The quantitative estimate of drug-likeness (QED) is 0.609. The topological polar surface area (TPSA) is 69.0 Å². The van der Waals surface area contributed by atoms with E-state index in [1.807, 2.05) is 19.1 Å². The lowest BCUT2D eigenvalue weighted by Crippen LogP contribution is -2.17. The van der Waals surface area contributed by atoms with Crippen molar-refractivity contribution in [2.24, 2.45) is 0 Å². The van der Waals surface area contributed by atoms with Gasteiger partial charge in [-0.15, -0.1) is 10.2 Å². The van der Waals surface area contributed by atoms with E-state index in [4.69, 9.17) is 4.74 Å². The molecule has 2 aromatic rings. The first-order valence-electron chi connectivity index (χ1n) is 8.41. The highest BCUT2D eigenvalue weighted by atomic mass is 32.2. The minimum atomic E-state index is -2.77. The Morgan fingerprint density at radius 2 is 2.23 bits per heavy atom. The van der Waals surface area contributed by atoms with Gasteiger partial charge in [0, 0.05) is 12.2 Å². The van der Waals surface area contributed by atoms with Gasteiger partial charge in [0.1, 0.15) is 0 Å². The Balaban J connectivity index is 2.03. The summed E-state index contributed by atoms with van der Waals surface area (Å²) in [5.41, 5.74) is 3.64. The molecule has 0 saturated heterocycles. The van der Waals surface area contributed by atoms with Gasteiger partial charge in [-0.2, -0.15) is 0 Å². The summed E-state index contributed by atoms with van der Waals surface area (Å²) < 4.78 is 33.3. The third-order valence-corrected chi connectivity index (χ3v) is 5.02. The lowest BCUT2D eigenvalue weighted by atomic mass is 9.98. The summed E-state index contributed by atoms with van der Waals surface area (Å²) in [7, 11) is 0. The van der Waals surface area contributed by atoms with Crippen LogP contribution in [0.15, 0.2) is 17.3 Å². The van der Waals surface area contributed by atoms with Gasteiger partial charge in [0.15, 0.2) is 5.16 Å². The van der Waals surface area contributed by atoms with E-state index < -0.39 is 18.2 Å². The lowest BCUT2D eigenvalue weighted by molar-refractivity contribution is -0.139. The molecule has 0 aliphatic carbocycles. The van der Waals surface area contributed by atoms with Crippen LogP contribution in [0.4, 0.5) is 14.5 Å². The van der Waals surface area contributed by atoms with Gasteiger partial charge in [0.2, 0.25) is 5.82 Å². The largest absolute Gasteiger partial charge is 0.465 e. The van der Waals surface area contributed by atoms with Crippen LogP contribution in [-0.2, 0) is 16.0 Å². The molecule has 3 rings (SSSR count). The Bertz CT molecular complexity index is 810. The molecule has 9 heteroatoms. The highest BCUT2D eigenvalue weighted by Crippen LogP contribution is 2.35. The van der Waals surface area contributed by atoms with Gasteiger partial charge in [-0.1, -0.05) is 17.8 Å². The Kier molecular flexibility index (Phi) is 5.75. The molecule has 1 aliphatic heterocycles. The number of thioether (sulfide) groups is 1. The molecule has 1 N–H and O–H groups in total. The van der Waals surface area contributed by atoms with Crippen LogP contribution in [0.1, 0.15) is 36.7 Å². The molecule has 140 valence electrons. The molecule has 0 bridgehead atoms. The van der Waals surface area contributed by atoms with Crippen molar-refractivity contribution in [1.82, 2.24) is 14.8 Å². The van der Waals surface area contributed by atoms with E-state index in [0.29, 0.717) is 5.69 Å². The highest BCUT2D eigenvalue weighted by molar-refractivity contribution is 7.99. The van der Waals surface area contributed by atoms with Crippen molar-refractivity contribution in [3.63, 3.8) is 0 Å². The van der Waals surface area contributed by atoms with E-state index in [1.165, 1.54) is 4.57 Å². The van der Waals surface area contributed by atoms with Crippen molar-refractivity contribution in [2.75, 3.05) is 24.2 Å². The second kappa shape index (κ2) is 8.03. The van der Waals surface area contributed by atoms with Crippen molar-refractivity contribution in [3.05, 3.63) is 29.1 Å². The summed E-state index contributed by atoms with van der Waals surface area (Å²) in [5.74, 6) is -0.854. The molecular formula is C17H20F2N4O2S. The first-order chi connectivity index (χ1) is 12.5.